The highest BCUT2D eigenvalue weighted by Crippen LogP contribution is 2.38. The molecular weight excluding hydrogens is 308 g/mol. The van der Waals surface area contributed by atoms with E-state index >= 15 is 0 Å². The number of nitriles is 1. The summed E-state index contributed by atoms with van der Waals surface area (Å²) in [4.78, 5) is 27.0. The molecule has 0 aliphatic carbocycles. The van der Waals surface area contributed by atoms with E-state index in [2.05, 4.69) is 6.07 Å². The first-order valence-electron chi connectivity index (χ1n) is 7.83. The molecule has 2 amide bonds. The van der Waals surface area contributed by atoms with Crippen molar-refractivity contribution >= 4 is 12.0 Å². The Morgan fingerprint density at radius 3 is 2.13 bits per heavy atom. The number of carbonyl (C=O) groups is 2. The molecule has 2 aliphatic rings. The monoisotopic (exact) mass is 329 g/mol. The zero-order valence-electron chi connectivity index (χ0n) is 12.9. The Labute approximate surface area is 133 Å². The second-order valence-electron chi connectivity index (χ2n) is 6.34. The number of piperidine rings is 2. The zero-order valence-corrected chi connectivity index (χ0v) is 12.9. The summed E-state index contributed by atoms with van der Waals surface area (Å²) in [6.45, 7) is 1.37. The predicted octanol–water partition coefficient (Wildman–Crippen LogP) is 2.16. The van der Waals surface area contributed by atoms with Gasteiger partial charge in [-0.25, -0.2) is 13.6 Å². The molecule has 2 fully saturated rings. The van der Waals surface area contributed by atoms with Crippen LogP contribution in [0.2, 0.25) is 0 Å². The second-order valence-corrected chi connectivity index (χ2v) is 6.34. The summed E-state index contributed by atoms with van der Waals surface area (Å²) in [5.41, 5.74) is -1.43. The number of hydrogen-bond acceptors (Lipinski definition) is 3. The molecular formula is C15H21F2N3O3. The van der Waals surface area contributed by atoms with E-state index in [-0.39, 0.29) is 37.9 Å². The normalized spacial score (nSPS) is 22.0. The molecule has 2 aliphatic heterocycles. The first kappa shape index (κ1) is 17.4. The van der Waals surface area contributed by atoms with Crippen molar-refractivity contribution in [3.8, 4) is 6.07 Å². The van der Waals surface area contributed by atoms with E-state index in [1.807, 2.05) is 0 Å². The van der Waals surface area contributed by atoms with Gasteiger partial charge in [0, 0.05) is 38.5 Å². The highest BCUT2D eigenvalue weighted by Gasteiger charge is 2.45. The fourth-order valence-corrected chi connectivity index (χ4v) is 3.33. The van der Waals surface area contributed by atoms with Crippen molar-refractivity contribution in [2.75, 3.05) is 26.2 Å². The van der Waals surface area contributed by atoms with Gasteiger partial charge in [-0.15, -0.1) is 0 Å². The molecule has 128 valence electrons. The maximum Gasteiger partial charge on any atom is 0.319 e. The highest BCUT2D eigenvalue weighted by atomic mass is 19.3. The van der Waals surface area contributed by atoms with Crippen molar-refractivity contribution < 1.29 is 23.5 Å². The SMILES string of the molecule is N#CC1CCN(C(=O)N2CCC(CC(F)F)(C(=O)O)CC2)CC1. The molecule has 1 N–H and O–H groups in total. The van der Waals surface area contributed by atoms with E-state index < -0.39 is 24.2 Å². The third kappa shape index (κ3) is 3.89. The van der Waals surface area contributed by atoms with Crippen molar-refractivity contribution in [1.82, 2.24) is 9.80 Å². The summed E-state index contributed by atoms with van der Waals surface area (Å²) in [6.07, 6.45) is -1.96. The molecule has 0 aromatic carbocycles. The summed E-state index contributed by atoms with van der Waals surface area (Å²) in [7, 11) is 0. The summed E-state index contributed by atoms with van der Waals surface area (Å²) >= 11 is 0. The Balaban J connectivity index is 1.92. The topological polar surface area (TPSA) is 84.6 Å². The van der Waals surface area contributed by atoms with Gasteiger partial charge in [0.1, 0.15) is 0 Å². The minimum Gasteiger partial charge on any atom is -0.481 e. The Morgan fingerprint density at radius 1 is 1.17 bits per heavy atom. The summed E-state index contributed by atoms with van der Waals surface area (Å²) in [6, 6.07) is 2.01. The maximum atomic E-state index is 12.7. The lowest BCUT2D eigenvalue weighted by Gasteiger charge is -2.41. The molecule has 0 spiro atoms. The van der Waals surface area contributed by atoms with Crippen LogP contribution in [0.4, 0.5) is 13.6 Å². The van der Waals surface area contributed by atoms with E-state index in [0.29, 0.717) is 25.9 Å². The van der Waals surface area contributed by atoms with E-state index in [0.717, 1.165) is 0 Å². The van der Waals surface area contributed by atoms with Gasteiger partial charge >= 0.3 is 12.0 Å². The van der Waals surface area contributed by atoms with Crippen molar-refractivity contribution in [1.29, 1.82) is 5.26 Å². The molecule has 0 bridgehead atoms. The standard InChI is InChI=1S/C15H21F2N3O3/c16-12(17)9-15(13(21)22)3-7-20(8-4-15)14(23)19-5-1-11(10-18)2-6-19/h11-12H,1-9H2,(H,21,22). The number of rotatable bonds is 3. The number of nitrogens with zero attached hydrogens (tertiary/aromatic N) is 3. The molecule has 2 heterocycles. The lowest BCUT2D eigenvalue weighted by Crippen LogP contribution is -2.52. The summed E-state index contributed by atoms with van der Waals surface area (Å²) in [5, 5.41) is 18.2. The average Bonchev–Trinajstić information content (AvgIpc) is 2.54. The Morgan fingerprint density at radius 2 is 1.70 bits per heavy atom. The molecule has 0 radical (unpaired) electrons. The third-order valence-corrected chi connectivity index (χ3v) is 4.94. The first-order valence-corrected chi connectivity index (χ1v) is 7.83. The van der Waals surface area contributed by atoms with E-state index in [1.165, 1.54) is 0 Å². The quantitative estimate of drug-likeness (QED) is 0.860. The number of alkyl halides is 2. The minimum atomic E-state index is -2.67. The number of carboxylic acids is 1. The van der Waals surface area contributed by atoms with Crippen LogP contribution in [-0.2, 0) is 4.79 Å². The van der Waals surface area contributed by atoms with Crippen LogP contribution in [0.5, 0.6) is 0 Å². The van der Waals surface area contributed by atoms with Crippen LogP contribution < -0.4 is 0 Å². The van der Waals surface area contributed by atoms with Gasteiger partial charge in [-0.3, -0.25) is 4.79 Å². The summed E-state index contributed by atoms with van der Waals surface area (Å²) < 4.78 is 25.3. The number of halogens is 2. The van der Waals surface area contributed by atoms with Gasteiger partial charge < -0.3 is 14.9 Å². The first-order chi connectivity index (χ1) is 10.9. The lowest BCUT2D eigenvalue weighted by molar-refractivity contribution is -0.155. The van der Waals surface area contributed by atoms with Gasteiger partial charge in [0.25, 0.3) is 0 Å². The van der Waals surface area contributed by atoms with Crippen LogP contribution in [0, 0.1) is 22.7 Å². The molecule has 23 heavy (non-hydrogen) atoms. The fraction of sp³-hybridized carbons (Fsp3) is 0.800. The van der Waals surface area contributed by atoms with Gasteiger partial charge in [0.05, 0.1) is 11.5 Å². The molecule has 0 aromatic rings. The highest BCUT2D eigenvalue weighted by molar-refractivity contribution is 5.77. The van der Waals surface area contributed by atoms with E-state index in [4.69, 9.17) is 5.26 Å². The summed E-state index contributed by atoms with van der Waals surface area (Å²) in [5.74, 6) is -1.23. The molecule has 0 atom stereocenters. The molecule has 8 heteroatoms. The molecule has 0 unspecified atom stereocenters. The fourth-order valence-electron chi connectivity index (χ4n) is 3.33. The molecule has 2 saturated heterocycles. The number of likely N-dealkylation sites (tertiary alicyclic amines) is 2. The number of amides is 2. The average molecular weight is 329 g/mol. The van der Waals surface area contributed by atoms with Gasteiger partial charge in [-0.2, -0.15) is 5.26 Å². The third-order valence-electron chi connectivity index (χ3n) is 4.94. The molecule has 0 aromatic heterocycles. The number of carbonyl (C=O) groups excluding carboxylic acids is 1. The van der Waals surface area contributed by atoms with Crippen molar-refractivity contribution in [3.63, 3.8) is 0 Å². The van der Waals surface area contributed by atoms with Gasteiger partial charge in [0.2, 0.25) is 6.43 Å². The molecule has 2 rings (SSSR count). The van der Waals surface area contributed by atoms with E-state index in [1.54, 1.807) is 9.80 Å². The number of aliphatic carboxylic acids is 1. The van der Waals surface area contributed by atoms with Crippen LogP contribution >= 0.6 is 0 Å². The molecule has 6 nitrogen and oxygen atoms in total. The van der Waals surface area contributed by atoms with Crippen LogP contribution in [0.25, 0.3) is 0 Å². The van der Waals surface area contributed by atoms with Crippen LogP contribution in [-0.4, -0.2) is 59.5 Å². The second kappa shape index (κ2) is 7.11. The Hall–Kier alpha value is -1.91. The van der Waals surface area contributed by atoms with Crippen LogP contribution in [0.1, 0.15) is 32.1 Å². The minimum absolute atomic E-state index is 0.0221. The van der Waals surface area contributed by atoms with Crippen molar-refractivity contribution in [2.24, 2.45) is 11.3 Å². The van der Waals surface area contributed by atoms with Gasteiger partial charge in [-0.1, -0.05) is 0 Å². The van der Waals surface area contributed by atoms with E-state index in [9.17, 15) is 23.5 Å². The zero-order chi connectivity index (χ0) is 17.0. The molecule has 0 saturated carbocycles. The Bertz CT molecular complexity index is 491. The smallest absolute Gasteiger partial charge is 0.319 e. The maximum absolute atomic E-state index is 12.7. The number of carboxylic acid groups (broad SMARTS) is 1. The number of urea groups is 1. The predicted molar refractivity (Wildman–Crippen MR) is 76.8 cm³/mol. The lowest BCUT2D eigenvalue weighted by atomic mass is 9.76. The Kier molecular flexibility index (Phi) is 5.39. The van der Waals surface area contributed by atoms with Crippen molar-refractivity contribution in [2.45, 2.75) is 38.5 Å². The van der Waals surface area contributed by atoms with Crippen LogP contribution in [0.3, 0.4) is 0 Å². The number of hydrogen-bond donors (Lipinski definition) is 1. The van der Waals surface area contributed by atoms with Crippen molar-refractivity contribution in [3.05, 3.63) is 0 Å². The van der Waals surface area contributed by atoms with Crippen LogP contribution in [0.15, 0.2) is 0 Å². The largest absolute Gasteiger partial charge is 0.481 e. The van der Waals surface area contributed by atoms with Gasteiger partial charge in [-0.05, 0) is 25.7 Å². The van der Waals surface area contributed by atoms with Gasteiger partial charge in [0.15, 0.2) is 0 Å².